The third-order valence-electron chi connectivity index (χ3n) is 2.45. The smallest absolute Gasteiger partial charge is 0.325 e. The molecule has 0 aromatic heterocycles. The highest BCUT2D eigenvalue weighted by Gasteiger charge is 2.15. The molecule has 0 saturated carbocycles. The molecule has 0 unspecified atom stereocenters. The number of benzene rings is 1. The number of hydrogen-bond acceptors (Lipinski definition) is 6. The van der Waals surface area contributed by atoms with E-state index in [0.29, 0.717) is 5.75 Å². The molecule has 0 aliphatic rings. The summed E-state index contributed by atoms with van der Waals surface area (Å²) >= 11 is 0. The molecule has 0 aliphatic carbocycles. The second kappa shape index (κ2) is 7.60. The number of ether oxygens (including phenoxy) is 2. The fraction of sp³-hybridized carbons (Fsp3) is 0.333. The van der Waals surface area contributed by atoms with Crippen molar-refractivity contribution in [3.05, 3.63) is 24.3 Å². The van der Waals surface area contributed by atoms with Gasteiger partial charge in [0.1, 0.15) is 12.3 Å². The van der Waals surface area contributed by atoms with Crippen LogP contribution in [0.1, 0.15) is 0 Å². The van der Waals surface area contributed by atoms with Crippen LogP contribution in [0.3, 0.4) is 0 Å². The Kier molecular flexibility index (Phi) is 6.12. The zero-order valence-electron chi connectivity index (χ0n) is 11.6. The molecule has 1 aromatic rings. The molecule has 2 N–H and O–H groups in total. The Balaban J connectivity index is 2.56. The molecule has 8 nitrogen and oxygen atoms in total. The number of esters is 1. The van der Waals surface area contributed by atoms with Gasteiger partial charge in [-0.2, -0.15) is 0 Å². The van der Waals surface area contributed by atoms with Crippen molar-refractivity contribution in [2.45, 2.75) is 4.90 Å². The van der Waals surface area contributed by atoms with Crippen molar-refractivity contribution >= 4 is 21.9 Å². The van der Waals surface area contributed by atoms with E-state index in [2.05, 4.69) is 14.8 Å². The summed E-state index contributed by atoms with van der Waals surface area (Å²) in [6.45, 7) is -0.801. The molecular formula is C12H16N2O6S. The van der Waals surface area contributed by atoms with Crippen LogP contribution >= 0.6 is 0 Å². The maximum absolute atomic E-state index is 11.9. The summed E-state index contributed by atoms with van der Waals surface area (Å²) in [7, 11) is -1.16. The Bertz CT molecular complexity index is 597. The van der Waals surface area contributed by atoms with Crippen LogP contribution in [0.4, 0.5) is 0 Å². The number of nitrogens with one attached hydrogen (secondary N) is 2. The quantitative estimate of drug-likeness (QED) is 0.641. The molecule has 0 aliphatic heterocycles. The first-order valence-corrected chi connectivity index (χ1v) is 7.34. The standard InChI is InChI=1S/C12H16N2O6S/c1-19-9-3-5-10(6-4-9)21(17,18)14-7-11(15)13-8-12(16)20-2/h3-6,14H,7-8H2,1-2H3,(H,13,15). The maximum atomic E-state index is 11.9. The summed E-state index contributed by atoms with van der Waals surface area (Å²) in [6, 6.07) is 5.69. The van der Waals surface area contributed by atoms with E-state index in [1.807, 2.05) is 0 Å². The summed E-state index contributed by atoms with van der Waals surface area (Å²) in [6.07, 6.45) is 0. The Morgan fingerprint density at radius 2 is 1.71 bits per heavy atom. The molecule has 0 bridgehead atoms. The van der Waals surface area contributed by atoms with Crippen LogP contribution in [0.25, 0.3) is 0 Å². The molecule has 21 heavy (non-hydrogen) atoms. The van der Waals surface area contributed by atoms with Gasteiger partial charge < -0.3 is 14.8 Å². The van der Waals surface area contributed by atoms with Crippen molar-refractivity contribution in [3.63, 3.8) is 0 Å². The van der Waals surface area contributed by atoms with Gasteiger partial charge in [0.05, 0.1) is 25.7 Å². The maximum Gasteiger partial charge on any atom is 0.325 e. The molecule has 0 atom stereocenters. The average Bonchev–Trinajstić information content (AvgIpc) is 2.50. The predicted molar refractivity (Wildman–Crippen MR) is 73.2 cm³/mol. The summed E-state index contributed by atoms with van der Waals surface area (Å²) in [5.74, 6) is -0.747. The molecule has 1 aromatic carbocycles. The van der Waals surface area contributed by atoms with Crippen molar-refractivity contribution in [1.82, 2.24) is 10.0 Å². The lowest BCUT2D eigenvalue weighted by Gasteiger charge is -2.08. The van der Waals surface area contributed by atoms with Crippen molar-refractivity contribution in [2.75, 3.05) is 27.3 Å². The molecule has 1 rings (SSSR count). The molecule has 0 spiro atoms. The average molecular weight is 316 g/mol. The first-order valence-electron chi connectivity index (χ1n) is 5.86. The lowest BCUT2D eigenvalue weighted by molar-refractivity contribution is -0.141. The predicted octanol–water partition coefficient (Wildman–Crippen LogP) is -0.737. The highest BCUT2D eigenvalue weighted by atomic mass is 32.2. The van der Waals surface area contributed by atoms with Gasteiger partial charge in [-0.1, -0.05) is 0 Å². The van der Waals surface area contributed by atoms with E-state index in [1.165, 1.54) is 38.5 Å². The summed E-state index contributed by atoms with van der Waals surface area (Å²) in [5, 5.41) is 2.22. The summed E-state index contributed by atoms with van der Waals surface area (Å²) < 4.78 is 35.2. The Hall–Kier alpha value is -2.13. The van der Waals surface area contributed by atoms with Crippen molar-refractivity contribution in [3.8, 4) is 5.75 Å². The summed E-state index contributed by atoms with van der Waals surface area (Å²) in [4.78, 5) is 22.2. The molecule has 0 heterocycles. The van der Waals surface area contributed by atoms with Gasteiger partial charge >= 0.3 is 5.97 Å². The molecule has 9 heteroatoms. The number of carbonyl (C=O) groups excluding carboxylic acids is 2. The Labute approximate surface area is 122 Å². The number of hydrogen-bond donors (Lipinski definition) is 2. The van der Waals surface area contributed by atoms with E-state index in [4.69, 9.17) is 4.74 Å². The van der Waals surface area contributed by atoms with Crippen LogP contribution < -0.4 is 14.8 Å². The van der Waals surface area contributed by atoms with Crippen LogP contribution in [-0.4, -0.2) is 47.6 Å². The van der Waals surface area contributed by atoms with Gasteiger partial charge in [-0.25, -0.2) is 13.1 Å². The molecule has 1 amide bonds. The van der Waals surface area contributed by atoms with E-state index in [0.717, 1.165) is 0 Å². The minimum absolute atomic E-state index is 0.00377. The van der Waals surface area contributed by atoms with E-state index >= 15 is 0 Å². The lowest BCUT2D eigenvalue weighted by atomic mass is 10.3. The Morgan fingerprint density at radius 1 is 1.10 bits per heavy atom. The second-order valence-corrected chi connectivity index (χ2v) is 5.62. The van der Waals surface area contributed by atoms with Crippen LogP contribution in [0, 0.1) is 0 Å². The fourth-order valence-electron chi connectivity index (χ4n) is 1.30. The SMILES string of the molecule is COC(=O)CNC(=O)CNS(=O)(=O)c1ccc(OC)cc1. The Morgan fingerprint density at radius 3 is 2.24 bits per heavy atom. The van der Waals surface area contributed by atoms with Gasteiger partial charge in [0.25, 0.3) is 0 Å². The minimum atomic E-state index is -3.81. The number of amides is 1. The molecular weight excluding hydrogens is 300 g/mol. The van der Waals surface area contributed by atoms with E-state index in [1.54, 1.807) is 0 Å². The van der Waals surface area contributed by atoms with Gasteiger partial charge in [-0.05, 0) is 24.3 Å². The number of carbonyl (C=O) groups is 2. The second-order valence-electron chi connectivity index (χ2n) is 3.85. The van der Waals surface area contributed by atoms with Gasteiger partial charge in [-0.3, -0.25) is 9.59 Å². The zero-order valence-corrected chi connectivity index (χ0v) is 12.4. The first kappa shape index (κ1) is 16.9. The molecule has 0 saturated heterocycles. The van der Waals surface area contributed by atoms with Gasteiger partial charge in [0, 0.05) is 0 Å². The fourth-order valence-corrected chi connectivity index (χ4v) is 2.29. The highest BCUT2D eigenvalue weighted by Crippen LogP contribution is 2.14. The number of methoxy groups -OCH3 is 2. The zero-order chi connectivity index (χ0) is 15.9. The van der Waals surface area contributed by atoms with E-state index in [9.17, 15) is 18.0 Å². The highest BCUT2D eigenvalue weighted by molar-refractivity contribution is 7.89. The van der Waals surface area contributed by atoms with Gasteiger partial charge in [0.15, 0.2) is 0 Å². The molecule has 0 radical (unpaired) electrons. The monoisotopic (exact) mass is 316 g/mol. The van der Waals surface area contributed by atoms with Crippen molar-refractivity contribution < 1.29 is 27.5 Å². The third-order valence-corrected chi connectivity index (χ3v) is 3.87. The number of sulfonamides is 1. The van der Waals surface area contributed by atoms with E-state index < -0.39 is 28.4 Å². The van der Waals surface area contributed by atoms with Gasteiger partial charge in [-0.15, -0.1) is 0 Å². The first-order chi connectivity index (χ1) is 9.89. The van der Waals surface area contributed by atoms with Crippen molar-refractivity contribution in [1.29, 1.82) is 0 Å². The normalized spacial score (nSPS) is 10.8. The van der Waals surface area contributed by atoms with Crippen molar-refractivity contribution in [2.24, 2.45) is 0 Å². The van der Waals surface area contributed by atoms with Crippen LogP contribution in [-0.2, 0) is 24.3 Å². The lowest BCUT2D eigenvalue weighted by Crippen LogP contribution is -2.39. The number of rotatable bonds is 7. The summed E-state index contributed by atoms with van der Waals surface area (Å²) in [5.41, 5.74) is 0. The topological polar surface area (TPSA) is 111 Å². The van der Waals surface area contributed by atoms with Gasteiger partial charge in [0.2, 0.25) is 15.9 Å². The largest absolute Gasteiger partial charge is 0.497 e. The molecule has 116 valence electrons. The molecule has 0 fully saturated rings. The minimum Gasteiger partial charge on any atom is -0.497 e. The van der Waals surface area contributed by atoms with Crippen LogP contribution in [0.15, 0.2) is 29.2 Å². The van der Waals surface area contributed by atoms with Crippen LogP contribution in [0.5, 0.6) is 5.75 Å². The third kappa shape index (κ3) is 5.40. The van der Waals surface area contributed by atoms with E-state index in [-0.39, 0.29) is 11.4 Å². The van der Waals surface area contributed by atoms with Crippen LogP contribution in [0.2, 0.25) is 0 Å².